The Morgan fingerprint density at radius 2 is 2.08 bits per heavy atom. The molecule has 0 bridgehead atoms. The smallest absolute Gasteiger partial charge is 0.308 e. The van der Waals surface area contributed by atoms with Gasteiger partial charge in [0, 0.05) is 50.2 Å². The number of methoxy groups -OCH3 is 1. The third kappa shape index (κ3) is 5.13. The van der Waals surface area contributed by atoms with E-state index in [0.717, 1.165) is 62.4 Å². The number of ether oxygens (including phenoxy) is 2. The lowest BCUT2D eigenvalue weighted by Crippen LogP contribution is -2.68. The summed E-state index contributed by atoms with van der Waals surface area (Å²) in [4.78, 5) is 27.0. The first-order valence-corrected chi connectivity index (χ1v) is 13.0. The molecule has 2 aliphatic carbocycles. The number of likely N-dealkylation sites (tertiary alicyclic amines) is 1. The summed E-state index contributed by atoms with van der Waals surface area (Å²) >= 11 is 0. The van der Waals surface area contributed by atoms with Crippen LogP contribution in [0.3, 0.4) is 0 Å². The van der Waals surface area contributed by atoms with E-state index >= 15 is 0 Å². The van der Waals surface area contributed by atoms with Crippen LogP contribution >= 0.6 is 0 Å². The molecule has 1 aromatic carbocycles. The fourth-order valence-corrected chi connectivity index (χ4v) is 6.35. The third-order valence-corrected chi connectivity index (χ3v) is 8.27. The summed E-state index contributed by atoms with van der Waals surface area (Å²) in [5.41, 5.74) is 1.29. The standard InChI is InChI=1S/C29H36N2O5/c1-21(32)36-26-5-3-4-24(16-26)28-13-14-31(18-22-6-7-22)20-29(28,34-2)12-10-25(17-28)30-27(33)9-8-23-11-15-35-19-23/h3-5,8-9,11,15-16,19,22,25H,6-7,10,12-14,17-18,20H2,1-2H3,(H,30,33)/t25-,28+,29+/m1/s1. The minimum Gasteiger partial charge on any atom is -0.472 e. The average Bonchev–Trinajstić information content (AvgIpc) is 3.52. The van der Waals surface area contributed by atoms with E-state index in [0.29, 0.717) is 5.75 Å². The highest BCUT2D eigenvalue weighted by molar-refractivity contribution is 5.91. The van der Waals surface area contributed by atoms with Gasteiger partial charge in [-0.2, -0.15) is 0 Å². The molecule has 1 saturated heterocycles. The van der Waals surface area contributed by atoms with Crippen LogP contribution in [0.25, 0.3) is 6.08 Å². The van der Waals surface area contributed by atoms with E-state index in [-0.39, 0.29) is 28.9 Å². The quantitative estimate of drug-likeness (QED) is 0.336. The molecule has 3 aliphatic rings. The Morgan fingerprint density at radius 1 is 1.22 bits per heavy atom. The van der Waals surface area contributed by atoms with Crippen molar-refractivity contribution in [1.29, 1.82) is 0 Å². The van der Waals surface area contributed by atoms with E-state index in [1.165, 1.54) is 19.8 Å². The van der Waals surface area contributed by atoms with Crippen LogP contribution < -0.4 is 10.1 Å². The van der Waals surface area contributed by atoms with Crippen molar-refractivity contribution in [3.63, 3.8) is 0 Å². The predicted octanol–water partition coefficient (Wildman–Crippen LogP) is 4.33. The molecular formula is C29H36N2O5. The zero-order chi connectivity index (χ0) is 25.2. The Hall–Kier alpha value is -2.90. The predicted molar refractivity (Wildman–Crippen MR) is 136 cm³/mol. The number of nitrogens with one attached hydrogen (secondary N) is 1. The number of benzene rings is 1. The molecule has 0 spiro atoms. The number of furan rings is 1. The Bertz CT molecular complexity index is 1110. The second-order valence-electron chi connectivity index (χ2n) is 10.7. The van der Waals surface area contributed by atoms with Gasteiger partial charge in [-0.05, 0) is 80.8 Å². The highest BCUT2D eigenvalue weighted by Crippen LogP contribution is 2.54. The second kappa shape index (κ2) is 10.2. The van der Waals surface area contributed by atoms with Gasteiger partial charge in [0.05, 0.1) is 18.1 Å². The minimum atomic E-state index is -0.372. The van der Waals surface area contributed by atoms with Crippen LogP contribution in [0.4, 0.5) is 0 Å². The largest absolute Gasteiger partial charge is 0.472 e. The molecule has 1 aromatic heterocycles. The van der Waals surface area contributed by atoms with Crippen molar-refractivity contribution in [2.45, 2.75) is 62.5 Å². The van der Waals surface area contributed by atoms with Crippen molar-refractivity contribution in [2.75, 3.05) is 26.7 Å². The number of esters is 1. The molecule has 1 aliphatic heterocycles. The Labute approximate surface area is 212 Å². The summed E-state index contributed by atoms with van der Waals surface area (Å²) in [5, 5.41) is 3.24. The Kier molecular flexibility index (Phi) is 7.04. The molecule has 1 N–H and O–H groups in total. The molecule has 1 amide bonds. The summed E-state index contributed by atoms with van der Waals surface area (Å²) in [7, 11) is 1.83. The number of hydrogen-bond donors (Lipinski definition) is 1. The molecular weight excluding hydrogens is 456 g/mol. The van der Waals surface area contributed by atoms with Gasteiger partial charge in [-0.15, -0.1) is 0 Å². The molecule has 36 heavy (non-hydrogen) atoms. The number of carbonyl (C=O) groups excluding carboxylic acids is 2. The molecule has 5 rings (SSSR count). The van der Waals surface area contributed by atoms with E-state index in [4.69, 9.17) is 13.9 Å². The zero-order valence-electron chi connectivity index (χ0n) is 21.2. The van der Waals surface area contributed by atoms with Gasteiger partial charge in [0.2, 0.25) is 5.91 Å². The maximum absolute atomic E-state index is 12.8. The minimum absolute atomic E-state index is 0.0159. The van der Waals surface area contributed by atoms with Crippen LogP contribution in [0.1, 0.15) is 56.6 Å². The van der Waals surface area contributed by atoms with Crippen LogP contribution in [-0.2, 0) is 19.7 Å². The van der Waals surface area contributed by atoms with Crippen molar-refractivity contribution in [2.24, 2.45) is 5.92 Å². The van der Waals surface area contributed by atoms with Crippen LogP contribution in [0, 0.1) is 5.92 Å². The van der Waals surface area contributed by atoms with Crippen molar-refractivity contribution in [1.82, 2.24) is 10.2 Å². The van der Waals surface area contributed by atoms with Crippen LogP contribution in [0.15, 0.2) is 53.4 Å². The summed E-state index contributed by atoms with van der Waals surface area (Å²) in [6.07, 6.45) is 12.6. The fourth-order valence-electron chi connectivity index (χ4n) is 6.35. The zero-order valence-corrected chi connectivity index (χ0v) is 21.2. The van der Waals surface area contributed by atoms with E-state index < -0.39 is 0 Å². The monoisotopic (exact) mass is 492 g/mol. The van der Waals surface area contributed by atoms with Crippen LogP contribution in [0.2, 0.25) is 0 Å². The molecule has 0 unspecified atom stereocenters. The lowest BCUT2D eigenvalue weighted by Gasteiger charge is -2.60. The van der Waals surface area contributed by atoms with Crippen molar-refractivity contribution in [3.05, 3.63) is 60.1 Å². The van der Waals surface area contributed by atoms with Gasteiger partial charge in [0.25, 0.3) is 0 Å². The number of amides is 1. The molecule has 3 atom stereocenters. The first-order chi connectivity index (χ1) is 17.4. The summed E-state index contributed by atoms with van der Waals surface area (Å²) in [6, 6.07) is 9.73. The normalized spacial score (nSPS) is 28.6. The van der Waals surface area contributed by atoms with Crippen molar-refractivity contribution < 1.29 is 23.5 Å². The van der Waals surface area contributed by atoms with E-state index in [1.54, 1.807) is 24.7 Å². The third-order valence-electron chi connectivity index (χ3n) is 8.27. The van der Waals surface area contributed by atoms with E-state index in [1.807, 2.05) is 31.4 Å². The highest BCUT2D eigenvalue weighted by Gasteiger charge is 2.59. The van der Waals surface area contributed by atoms with Crippen LogP contribution in [0.5, 0.6) is 5.75 Å². The molecule has 2 aromatic rings. The molecule has 0 radical (unpaired) electrons. The number of carbonyl (C=O) groups is 2. The number of fused-ring (bicyclic) bond motifs is 1. The number of nitrogens with zero attached hydrogens (tertiary/aromatic N) is 1. The average molecular weight is 493 g/mol. The Morgan fingerprint density at radius 3 is 2.81 bits per heavy atom. The molecule has 2 heterocycles. The summed E-state index contributed by atoms with van der Waals surface area (Å²) < 4.78 is 17.0. The SMILES string of the molecule is CO[C@]12CC[C@@H](NC(=O)C=Cc3ccoc3)C[C@]1(c1cccc(OC(C)=O)c1)CCN(CC1CC1)C2. The van der Waals surface area contributed by atoms with Crippen LogP contribution in [-0.4, -0.2) is 55.2 Å². The lowest BCUT2D eigenvalue weighted by molar-refractivity contribution is -0.150. The highest BCUT2D eigenvalue weighted by atomic mass is 16.5. The summed E-state index contributed by atoms with van der Waals surface area (Å²) in [5.74, 6) is 0.923. The number of rotatable bonds is 8. The molecule has 7 nitrogen and oxygen atoms in total. The van der Waals surface area contributed by atoms with E-state index in [9.17, 15) is 9.59 Å². The molecule has 2 saturated carbocycles. The molecule has 3 fully saturated rings. The maximum Gasteiger partial charge on any atom is 0.308 e. The van der Waals surface area contributed by atoms with Gasteiger partial charge in [0.15, 0.2) is 0 Å². The first kappa shape index (κ1) is 24.8. The number of hydrogen-bond acceptors (Lipinski definition) is 6. The fraction of sp³-hybridized carbons (Fsp3) is 0.517. The topological polar surface area (TPSA) is 81.0 Å². The van der Waals surface area contributed by atoms with Gasteiger partial charge in [-0.3, -0.25) is 9.59 Å². The number of piperidine rings is 1. The first-order valence-electron chi connectivity index (χ1n) is 13.0. The molecule has 192 valence electrons. The van der Waals surface area contributed by atoms with Gasteiger partial charge in [0.1, 0.15) is 5.75 Å². The summed E-state index contributed by atoms with van der Waals surface area (Å²) in [6.45, 7) is 4.41. The lowest BCUT2D eigenvalue weighted by atomic mass is 9.55. The van der Waals surface area contributed by atoms with Gasteiger partial charge in [-0.1, -0.05) is 12.1 Å². The van der Waals surface area contributed by atoms with Gasteiger partial charge >= 0.3 is 5.97 Å². The van der Waals surface area contributed by atoms with Gasteiger partial charge in [-0.25, -0.2) is 0 Å². The molecule has 7 heteroatoms. The van der Waals surface area contributed by atoms with Crippen molar-refractivity contribution in [3.8, 4) is 5.75 Å². The Balaban J connectivity index is 1.42. The second-order valence-corrected chi connectivity index (χ2v) is 10.7. The maximum atomic E-state index is 12.8. The van der Waals surface area contributed by atoms with E-state index in [2.05, 4.69) is 16.3 Å². The van der Waals surface area contributed by atoms with Gasteiger partial charge < -0.3 is 24.1 Å². The van der Waals surface area contributed by atoms with Crippen molar-refractivity contribution >= 4 is 18.0 Å².